The Morgan fingerprint density at radius 3 is 2.73 bits per heavy atom. The second-order valence-electron chi connectivity index (χ2n) is 5.79. The molecule has 1 N–H and O–H groups in total. The number of nitrogens with one attached hydrogen (secondary N) is 1. The number of para-hydroxylation sites is 1. The molecule has 0 atom stereocenters. The summed E-state index contributed by atoms with van der Waals surface area (Å²) in [6, 6.07) is 8.36. The lowest BCUT2D eigenvalue weighted by molar-refractivity contribution is 0.621. The van der Waals surface area contributed by atoms with Crippen molar-refractivity contribution in [3.63, 3.8) is 0 Å². The van der Waals surface area contributed by atoms with Crippen LogP contribution in [0.2, 0.25) is 0 Å². The Morgan fingerprint density at radius 1 is 1.05 bits per heavy atom. The molecule has 2 aromatic rings. The quantitative estimate of drug-likeness (QED) is 0.609. The largest absolute Gasteiger partial charge is 0.338 e. The molecule has 0 fully saturated rings. The van der Waals surface area contributed by atoms with Crippen LogP contribution in [0.15, 0.2) is 34.1 Å². The number of benzene rings is 1. The van der Waals surface area contributed by atoms with Gasteiger partial charge in [0.05, 0.1) is 16.3 Å². The maximum atomic E-state index is 4.75. The molecule has 0 spiro atoms. The minimum atomic E-state index is 0.972. The summed E-state index contributed by atoms with van der Waals surface area (Å²) in [5.41, 5.74) is 2.23. The van der Waals surface area contributed by atoms with Gasteiger partial charge in [-0.2, -0.15) is 0 Å². The number of unbranched alkanes of at least 4 members (excludes halogenated alkanes) is 4. The van der Waals surface area contributed by atoms with E-state index in [9.17, 15) is 0 Å². The summed E-state index contributed by atoms with van der Waals surface area (Å²) in [5, 5.41) is 3.46. The van der Waals surface area contributed by atoms with Crippen LogP contribution in [0, 0.1) is 6.92 Å². The predicted molar refractivity (Wildman–Crippen MR) is 93.1 cm³/mol. The smallest absolute Gasteiger partial charge is 0.148 e. The molecule has 0 unspecified atom stereocenters. The molecule has 0 bridgehead atoms. The number of hydrogen-bond acceptors (Lipinski definition) is 4. The summed E-state index contributed by atoms with van der Waals surface area (Å²) in [7, 11) is 0. The van der Waals surface area contributed by atoms with Crippen molar-refractivity contribution in [1.82, 2.24) is 9.97 Å². The predicted octanol–water partition coefficient (Wildman–Crippen LogP) is 5.51. The molecule has 0 saturated carbocycles. The van der Waals surface area contributed by atoms with Gasteiger partial charge in [-0.15, -0.1) is 0 Å². The van der Waals surface area contributed by atoms with Crippen molar-refractivity contribution >= 4 is 23.3 Å². The normalized spacial score (nSPS) is 12.5. The second-order valence-corrected chi connectivity index (χ2v) is 6.84. The molecular weight excluding hydrogens is 290 g/mol. The number of aryl methyl sites for hydroxylation is 2. The van der Waals surface area contributed by atoms with Gasteiger partial charge >= 0.3 is 0 Å². The Bertz CT molecular complexity index is 655. The van der Waals surface area contributed by atoms with Crippen molar-refractivity contribution in [2.75, 3.05) is 5.32 Å². The van der Waals surface area contributed by atoms with Gasteiger partial charge in [-0.25, -0.2) is 9.97 Å². The van der Waals surface area contributed by atoms with Gasteiger partial charge in [-0.1, -0.05) is 56.5 Å². The second kappa shape index (κ2) is 7.14. The fraction of sp³-hybridized carbons (Fsp3) is 0.444. The van der Waals surface area contributed by atoms with E-state index in [-0.39, 0.29) is 0 Å². The molecule has 1 aromatic carbocycles. The maximum Gasteiger partial charge on any atom is 0.148 e. The van der Waals surface area contributed by atoms with E-state index >= 15 is 0 Å². The van der Waals surface area contributed by atoms with E-state index < -0.39 is 0 Å². The van der Waals surface area contributed by atoms with E-state index in [1.807, 2.05) is 0 Å². The van der Waals surface area contributed by atoms with Crippen LogP contribution in [0.25, 0.3) is 0 Å². The highest BCUT2D eigenvalue weighted by atomic mass is 32.2. The SMILES string of the molecule is CCCCCCCc1nc(C)c2c(n1)Nc1ccccc1S2. The van der Waals surface area contributed by atoms with Crippen LogP contribution in [-0.2, 0) is 6.42 Å². The van der Waals surface area contributed by atoms with Gasteiger partial charge in [-0.05, 0) is 25.5 Å². The fourth-order valence-corrected chi connectivity index (χ4v) is 3.70. The summed E-state index contributed by atoms with van der Waals surface area (Å²) in [6.07, 6.45) is 7.38. The van der Waals surface area contributed by atoms with Crippen LogP contribution < -0.4 is 5.32 Å². The highest BCUT2D eigenvalue weighted by Gasteiger charge is 2.20. The van der Waals surface area contributed by atoms with Crippen molar-refractivity contribution in [3.8, 4) is 0 Å². The Kier molecular flexibility index (Phi) is 4.98. The van der Waals surface area contributed by atoms with Crippen LogP contribution in [0.1, 0.15) is 50.5 Å². The lowest BCUT2D eigenvalue weighted by Crippen LogP contribution is -2.08. The molecule has 3 rings (SSSR count). The van der Waals surface area contributed by atoms with Crippen LogP contribution >= 0.6 is 11.8 Å². The first-order valence-electron chi connectivity index (χ1n) is 8.19. The van der Waals surface area contributed by atoms with Gasteiger partial charge in [0.2, 0.25) is 0 Å². The van der Waals surface area contributed by atoms with E-state index in [1.165, 1.54) is 37.0 Å². The molecule has 1 aromatic heterocycles. The summed E-state index contributed by atoms with van der Waals surface area (Å²) >= 11 is 1.77. The first-order valence-corrected chi connectivity index (χ1v) is 9.01. The van der Waals surface area contributed by atoms with Crippen LogP contribution in [-0.4, -0.2) is 9.97 Å². The van der Waals surface area contributed by atoms with Crippen molar-refractivity contribution in [3.05, 3.63) is 35.8 Å². The third-order valence-electron chi connectivity index (χ3n) is 3.94. The number of nitrogens with zero attached hydrogens (tertiary/aromatic N) is 2. The van der Waals surface area contributed by atoms with Crippen molar-refractivity contribution in [2.24, 2.45) is 0 Å². The molecule has 3 nitrogen and oxygen atoms in total. The highest BCUT2D eigenvalue weighted by Crippen LogP contribution is 2.44. The fourth-order valence-electron chi connectivity index (χ4n) is 2.72. The van der Waals surface area contributed by atoms with Gasteiger partial charge < -0.3 is 5.32 Å². The third-order valence-corrected chi connectivity index (χ3v) is 5.21. The van der Waals surface area contributed by atoms with Crippen molar-refractivity contribution in [1.29, 1.82) is 0 Å². The number of fused-ring (bicyclic) bond motifs is 2. The standard InChI is InChI=1S/C18H23N3S/c1-3-4-5-6-7-12-16-19-13(2)17-18(21-16)20-14-10-8-9-11-15(14)22-17/h8-11H,3-7,12H2,1-2H3,(H,19,20,21). The van der Waals surface area contributed by atoms with Gasteiger partial charge in [0, 0.05) is 11.3 Å². The molecule has 0 saturated heterocycles. The molecule has 1 aliphatic heterocycles. The number of aromatic nitrogens is 2. The lowest BCUT2D eigenvalue weighted by Gasteiger charge is -2.21. The van der Waals surface area contributed by atoms with E-state index in [2.05, 4.69) is 43.4 Å². The minimum absolute atomic E-state index is 0.972. The lowest BCUT2D eigenvalue weighted by atomic mass is 10.1. The van der Waals surface area contributed by atoms with E-state index in [0.29, 0.717) is 0 Å². The van der Waals surface area contributed by atoms with Crippen LogP contribution in [0.5, 0.6) is 0 Å². The van der Waals surface area contributed by atoms with E-state index in [1.54, 1.807) is 11.8 Å². The number of anilines is 2. The summed E-state index contributed by atoms with van der Waals surface area (Å²) in [4.78, 5) is 11.9. The summed E-state index contributed by atoms with van der Waals surface area (Å²) in [5.74, 6) is 1.94. The number of hydrogen-bond donors (Lipinski definition) is 1. The Labute approximate surface area is 137 Å². The van der Waals surface area contributed by atoms with Crippen molar-refractivity contribution < 1.29 is 0 Å². The molecule has 2 heterocycles. The molecule has 4 heteroatoms. The summed E-state index contributed by atoms with van der Waals surface area (Å²) < 4.78 is 0. The molecule has 0 aliphatic carbocycles. The zero-order valence-corrected chi connectivity index (χ0v) is 14.2. The average Bonchev–Trinajstić information content (AvgIpc) is 2.53. The van der Waals surface area contributed by atoms with Gasteiger partial charge in [-0.3, -0.25) is 0 Å². The molecule has 0 amide bonds. The van der Waals surface area contributed by atoms with Gasteiger partial charge in [0.25, 0.3) is 0 Å². The molecule has 0 radical (unpaired) electrons. The Morgan fingerprint density at radius 2 is 1.86 bits per heavy atom. The number of rotatable bonds is 6. The maximum absolute atomic E-state index is 4.75. The monoisotopic (exact) mass is 313 g/mol. The molecule has 22 heavy (non-hydrogen) atoms. The highest BCUT2D eigenvalue weighted by molar-refractivity contribution is 7.99. The molecule has 116 valence electrons. The van der Waals surface area contributed by atoms with Crippen molar-refractivity contribution in [2.45, 2.75) is 62.2 Å². The van der Waals surface area contributed by atoms with Crippen LogP contribution in [0.4, 0.5) is 11.5 Å². The topological polar surface area (TPSA) is 37.8 Å². The zero-order valence-electron chi connectivity index (χ0n) is 13.4. The third kappa shape index (κ3) is 3.43. The minimum Gasteiger partial charge on any atom is -0.338 e. The Hall–Kier alpha value is -1.55. The Balaban J connectivity index is 1.71. The molecule has 1 aliphatic rings. The van der Waals surface area contributed by atoms with Gasteiger partial charge in [0.1, 0.15) is 11.6 Å². The average molecular weight is 313 g/mol. The first kappa shape index (κ1) is 15.3. The summed E-state index contributed by atoms with van der Waals surface area (Å²) in [6.45, 7) is 4.33. The van der Waals surface area contributed by atoms with Crippen LogP contribution in [0.3, 0.4) is 0 Å². The van der Waals surface area contributed by atoms with Gasteiger partial charge in [0.15, 0.2) is 0 Å². The molecular formula is C18H23N3S. The van der Waals surface area contributed by atoms with E-state index in [0.717, 1.165) is 34.3 Å². The van der Waals surface area contributed by atoms with E-state index in [4.69, 9.17) is 9.97 Å². The first-order chi connectivity index (χ1) is 10.8. The zero-order chi connectivity index (χ0) is 15.4.